The van der Waals surface area contributed by atoms with E-state index in [-0.39, 0.29) is 12.6 Å². The molecule has 2 aliphatic heterocycles. The second-order valence-corrected chi connectivity index (χ2v) is 10.2. The number of hydrogen-bond acceptors (Lipinski definition) is 8. The Morgan fingerprint density at radius 1 is 1.13 bits per heavy atom. The van der Waals surface area contributed by atoms with Crippen LogP contribution in [0.15, 0.2) is 36.7 Å². The Hall–Kier alpha value is -4.04. The van der Waals surface area contributed by atoms with Crippen LogP contribution in [0.5, 0.6) is 0 Å². The maximum absolute atomic E-state index is 12.8. The maximum atomic E-state index is 12.8. The Kier molecular flexibility index (Phi) is 6.64. The molecule has 2 aliphatic rings. The van der Waals surface area contributed by atoms with Crippen LogP contribution in [-0.2, 0) is 6.54 Å². The summed E-state index contributed by atoms with van der Waals surface area (Å²) in [5.41, 5.74) is 3.61. The van der Waals surface area contributed by atoms with Crippen LogP contribution in [-0.4, -0.2) is 66.2 Å². The van der Waals surface area contributed by atoms with Gasteiger partial charge in [-0.15, -0.1) is 0 Å². The Morgan fingerprint density at radius 2 is 1.97 bits per heavy atom. The first-order valence-corrected chi connectivity index (χ1v) is 13.2. The van der Waals surface area contributed by atoms with Crippen molar-refractivity contribution in [1.82, 2.24) is 34.8 Å². The van der Waals surface area contributed by atoms with Crippen LogP contribution in [0.3, 0.4) is 0 Å². The van der Waals surface area contributed by atoms with E-state index in [0.29, 0.717) is 36.1 Å². The number of rotatable bonds is 9. The number of anilines is 3. The average Bonchev–Trinajstić information content (AvgIpc) is 3.60. The zero-order valence-corrected chi connectivity index (χ0v) is 21.4. The number of aryl methyl sites for hydroxylation is 2. The first-order chi connectivity index (χ1) is 18.6. The van der Waals surface area contributed by atoms with Crippen LogP contribution in [0.1, 0.15) is 37.8 Å². The standard InChI is InChI=1S/C27H31FN10/c1-17-11-25(36-35-17)33-26-23-6-3-18(19-15-30-37(16-19)10-7-28)12-24(23)32-27(34-26)31-20-13-21-4-5-22(14-20)38(21)9-2-8-29/h3,6,11-12,15-16,20-22H,2,4-5,7,9-10,13-14H2,1H3,(H3,31,32,33,34,35,36). The Balaban J connectivity index is 1.30. The second-order valence-electron chi connectivity index (χ2n) is 10.2. The Morgan fingerprint density at radius 3 is 2.71 bits per heavy atom. The van der Waals surface area contributed by atoms with Crippen LogP contribution in [0.2, 0.25) is 0 Å². The third kappa shape index (κ3) is 4.91. The molecular weight excluding hydrogens is 483 g/mol. The lowest BCUT2D eigenvalue weighted by Crippen LogP contribution is -2.47. The van der Waals surface area contributed by atoms with Gasteiger partial charge in [-0.2, -0.15) is 20.4 Å². The predicted molar refractivity (Wildman–Crippen MR) is 144 cm³/mol. The molecule has 11 heteroatoms. The summed E-state index contributed by atoms with van der Waals surface area (Å²) in [5, 5.41) is 28.4. The number of benzene rings is 1. The van der Waals surface area contributed by atoms with Crippen molar-refractivity contribution in [1.29, 1.82) is 5.26 Å². The highest BCUT2D eigenvalue weighted by molar-refractivity contribution is 5.94. The zero-order valence-electron chi connectivity index (χ0n) is 21.4. The minimum absolute atomic E-state index is 0.234. The minimum Gasteiger partial charge on any atom is -0.351 e. The summed E-state index contributed by atoms with van der Waals surface area (Å²) in [6.07, 6.45) is 8.56. The van der Waals surface area contributed by atoms with E-state index in [1.165, 1.54) is 12.8 Å². The largest absolute Gasteiger partial charge is 0.351 e. The molecule has 2 atom stereocenters. The summed E-state index contributed by atoms with van der Waals surface area (Å²) in [7, 11) is 0. The fourth-order valence-electron chi connectivity index (χ4n) is 5.91. The van der Waals surface area contributed by atoms with Gasteiger partial charge in [-0.3, -0.25) is 14.7 Å². The number of nitrogens with zero attached hydrogens (tertiary/aromatic N) is 7. The van der Waals surface area contributed by atoms with Gasteiger partial charge in [0.05, 0.1) is 24.3 Å². The fraction of sp³-hybridized carbons (Fsp3) is 0.444. The van der Waals surface area contributed by atoms with E-state index < -0.39 is 6.67 Å². The summed E-state index contributed by atoms with van der Waals surface area (Å²) in [5.74, 6) is 1.94. The summed E-state index contributed by atoms with van der Waals surface area (Å²) < 4.78 is 14.4. The van der Waals surface area contributed by atoms with E-state index in [4.69, 9.17) is 15.2 Å². The van der Waals surface area contributed by atoms with E-state index in [2.05, 4.69) is 36.9 Å². The summed E-state index contributed by atoms with van der Waals surface area (Å²) in [6, 6.07) is 11.5. The van der Waals surface area contributed by atoms with Gasteiger partial charge in [0, 0.05) is 60.0 Å². The number of nitrogens with one attached hydrogen (secondary N) is 3. The van der Waals surface area contributed by atoms with E-state index in [1.807, 2.05) is 37.4 Å². The van der Waals surface area contributed by atoms with Crippen molar-refractivity contribution >= 4 is 28.5 Å². The third-order valence-electron chi connectivity index (χ3n) is 7.63. The molecule has 0 radical (unpaired) electrons. The number of aromatic nitrogens is 6. The monoisotopic (exact) mass is 514 g/mol. The molecule has 0 amide bonds. The van der Waals surface area contributed by atoms with E-state index in [9.17, 15) is 4.39 Å². The van der Waals surface area contributed by atoms with Crippen molar-refractivity contribution in [2.24, 2.45) is 0 Å². The Labute approximate surface area is 220 Å². The molecule has 1 aromatic carbocycles. The van der Waals surface area contributed by atoms with Crippen molar-refractivity contribution in [3.8, 4) is 17.2 Å². The molecule has 0 aliphatic carbocycles. The van der Waals surface area contributed by atoms with Gasteiger partial charge in [0.15, 0.2) is 5.82 Å². The Bertz CT molecular complexity index is 1460. The highest BCUT2D eigenvalue weighted by Crippen LogP contribution is 2.37. The van der Waals surface area contributed by atoms with Gasteiger partial charge >= 0.3 is 0 Å². The molecule has 0 spiro atoms. The molecule has 196 valence electrons. The molecular formula is C27H31FN10. The SMILES string of the molecule is Cc1cc(Nc2nc(NC3CC4CCC(C3)N4CCC#N)nc3cc(-c4cnn(CCF)c4)ccc23)n[nH]1. The van der Waals surface area contributed by atoms with Gasteiger partial charge in [0.1, 0.15) is 12.5 Å². The van der Waals surface area contributed by atoms with E-state index in [1.54, 1.807) is 10.9 Å². The van der Waals surface area contributed by atoms with E-state index >= 15 is 0 Å². The molecule has 5 heterocycles. The van der Waals surface area contributed by atoms with Crippen LogP contribution >= 0.6 is 0 Å². The minimum atomic E-state index is -0.457. The normalized spacial score (nSPS) is 21.0. The van der Waals surface area contributed by atoms with Gasteiger partial charge in [0.2, 0.25) is 5.95 Å². The molecule has 6 rings (SSSR count). The van der Waals surface area contributed by atoms with Crippen molar-refractivity contribution in [3.05, 3.63) is 42.4 Å². The molecule has 2 saturated heterocycles. The number of hydrogen-bond donors (Lipinski definition) is 3. The molecule has 2 unspecified atom stereocenters. The third-order valence-corrected chi connectivity index (χ3v) is 7.63. The lowest BCUT2D eigenvalue weighted by Gasteiger charge is -2.38. The van der Waals surface area contributed by atoms with Crippen LogP contribution in [0, 0.1) is 18.3 Å². The average molecular weight is 515 g/mol. The van der Waals surface area contributed by atoms with Crippen molar-refractivity contribution in [3.63, 3.8) is 0 Å². The lowest BCUT2D eigenvalue weighted by atomic mass is 9.97. The van der Waals surface area contributed by atoms with Crippen molar-refractivity contribution in [2.45, 2.75) is 63.7 Å². The first kappa shape index (κ1) is 24.3. The van der Waals surface area contributed by atoms with Crippen molar-refractivity contribution < 1.29 is 4.39 Å². The van der Waals surface area contributed by atoms with Gasteiger partial charge in [-0.25, -0.2) is 9.37 Å². The maximum Gasteiger partial charge on any atom is 0.225 e. The molecule has 3 N–H and O–H groups in total. The number of alkyl halides is 1. The highest BCUT2D eigenvalue weighted by atomic mass is 19.1. The summed E-state index contributed by atoms with van der Waals surface area (Å²) >= 11 is 0. The van der Waals surface area contributed by atoms with Gasteiger partial charge in [-0.05, 0) is 50.3 Å². The van der Waals surface area contributed by atoms with Crippen LogP contribution in [0.25, 0.3) is 22.0 Å². The summed E-state index contributed by atoms with van der Waals surface area (Å²) in [4.78, 5) is 12.3. The molecule has 10 nitrogen and oxygen atoms in total. The molecule has 4 aromatic rings. The van der Waals surface area contributed by atoms with Crippen molar-refractivity contribution in [2.75, 3.05) is 23.9 Å². The molecule has 2 fully saturated rings. The van der Waals surface area contributed by atoms with Gasteiger partial charge in [0.25, 0.3) is 0 Å². The highest BCUT2D eigenvalue weighted by Gasteiger charge is 2.40. The number of piperidine rings is 1. The first-order valence-electron chi connectivity index (χ1n) is 13.2. The number of nitriles is 1. The number of halogens is 1. The van der Waals surface area contributed by atoms with Gasteiger partial charge < -0.3 is 10.6 Å². The van der Waals surface area contributed by atoms with Crippen LogP contribution in [0.4, 0.5) is 22.0 Å². The van der Waals surface area contributed by atoms with Gasteiger partial charge in [-0.1, -0.05) is 6.07 Å². The molecule has 2 bridgehead atoms. The second kappa shape index (κ2) is 10.4. The lowest BCUT2D eigenvalue weighted by molar-refractivity contribution is 0.135. The quantitative estimate of drug-likeness (QED) is 0.297. The molecule has 3 aromatic heterocycles. The predicted octanol–water partition coefficient (Wildman–Crippen LogP) is 4.56. The fourth-order valence-corrected chi connectivity index (χ4v) is 5.91. The number of aromatic amines is 1. The zero-order chi connectivity index (χ0) is 26.1. The van der Waals surface area contributed by atoms with E-state index in [0.717, 1.165) is 47.1 Å². The molecule has 38 heavy (non-hydrogen) atoms. The topological polar surface area (TPSA) is 123 Å². The number of H-pyrrole nitrogens is 1. The number of fused-ring (bicyclic) bond motifs is 3. The molecule has 0 saturated carbocycles. The summed E-state index contributed by atoms with van der Waals surface area (Å²) in [6.45, 7) is 2.59. The van der Waals surface area contributed by atoms with Crippen LogP contribution < -0.4 is 10.6 Å². The smallest absolute Gasteiger partial charge is 0.225 e.